The first-order valence-electron chi connectivity index (χ1n) is 10.8. The highest BCUT2D eigenvalue weighted by Crippen LogP contribution is 2.50. The lowest BCUT2D eigenvalue weighted by molar-refractivity contribution is -0.133. The lowest BCUT2D eigenvalue weighted by Gasteiger charge is -2.28. The van der Waals surface area contributed by atoms with Crippen LogP contribution in [0.5, 0.6) is 23.0 Å². The van der Waals surface area contributed by atoms with Crippen LogP contribution in [0, 0.1) is 0 Å². The maximum Gasteiger partial charge on any atom is 0.308 e. The molecule has 0 spiro atoms. The Labute approximate surface area is 192 Å². The topological polar surface area (TPSA) is 88.1 Å². The zero-order valence-electron chi connectivity index (χ0n) is 19.7. The van der Waals surface area contributed by atoms with Crippen molar-refractivity contribution in [1.29, 1.82) is 0 Å². The van der Waals surface area contributed by atoms with Crippen LogP contribution in [-0.4, -0.2) is 23.5 Å². The van der Waals surface area contributed by atoms with Gasteiger partial charge in [0.25, 0.3) is 0 Å². The molecule has 0 aliphatic rings. The highest BCUT2D eigenvalue weighted by atomic mass is 16.6. The molecule has 0 unspecified atom stereocenters. The Morgan fingerprint density at radius 2 is 1.18 bits per heavy atom. The zero-order chi connectivity index (χ0) is 24.3. The quantitative estimate of drug-likeness (QED) is 0.257. The van der Waals surface area contributed by atoms with E-state index in [1.807, 2.05) is 13.8 Å². The maximum atomic E-state index is 12.1. The lowest BCUT2D eigenvalue weighted by atomic mass is 9.98. The standard InChI is InChI=1S/C26H28O7/c1-7-14-26(5,6)33-21-13-12-20(30-15(2)27)22-23(21)25(32-17(4)29)19-11-9-8-10-18(19)24(22)31-16(3)28/h8-13H,7,14H2,1-6H3. The van der Waals surface area contributed by atoms with E-state index < -0.39 is 23.5 Å². The molecular weight excluding hydrogens is 424 g/mol. The molecule has 3 rings (SSSR count). The Morgan fingerprint density at radius 3 is 1.64 bits per heavy atom. The Morgan fingerprint density at radius 1 is 0.727 bits per heavy atom. The highest BCUT2D eigenvalue weighted by molar-refractivity contribution is 6.16. The summed E-state index contributed by atoms with van der Waals surface area (Å²) >= 11 is 0. The highest BCUT2D eigenvalue weighted by Gasteiger charge is 2.28. The van der Waals surface area contributed by atoms with Gasteiger partial charge in [-0.25, -0.2) is 0 Å². The summed E-state index contributed by atoms with van der Waals surface area (Å²) in [6, 6.07) is 10.3. The molecule has 0 bridgehead atoms. The van der Waals surface area contributed by atoms with Crippen molar-refractivity contribution in [2.24, 2.45) is 0 Å². The predicted octanol–water partition coefficient (Wildman–Crippen LogP) is 5.73. The average Bonchev–Trinajstić information content (AvgIpc) is 2.70. The van der Waals surface area contributed by atoms with E-state index in [-0.39, 0.29) is 17.2 Å². The lowest BCUT2D eigenvalue weighted by Crippen LogP contribution is -2.28. The van der Waals surface area contributed by atoms with Gasteiger partial charge in [0.1, 0.15) is 17.1 Å². The number of esters is 3. The van der Waals surface area contributed by atoms with E-state index in [9.17, 15) is 14.4 Å². The van der Waals surface area contributed by atoms with E-state index in [1.54, 1.807) is 36.4 Å². The second-order valence-electron chi connectivity index (χ2n) is 8.41. The van der Waals surface area contributed by atoms with E-state index in [1.165, 1.54) is 20.8 Å². The van der Waals surface area contributed by atoms with Crippen molar-refractivity contribution in [1.82, 2.24) is 0 Å². The summed E-state index contributed by atoms with van der Waals surface area (Å²) in [5.74, 6) is -0.624. The van der Waals surface area contributed by atoms with Crippen LogP contribution in [0.4, 0.5) is 0 Å². The molecule has 0 amide bonds. The third-order valence-corrected chi connectivity index (χ3v) is 4.98. The number of carbonyl (C=O) groups is 3. The fourth-order valence-electron chi connectivity index (χ4n) is 3.94. The van der Waals surface area contributed by atoms with E-state index in [2.05, 4.69) is 6.92 Å². The molecule has 33 heavy (non-hydrogen) atoms. The van der Waals surface area contributed by atoms with Crippen molar-refractivity contribution in [3.05, 3.63) is 36.4 Å². The first-order chi connectivity index (χ1) is 15.5. The van der Waals surface area contributed by atoms with Gasteiger partial charge in [0.2, 0.25) is 0 Å². The summed E-state index contributed by atoms with van der Waals surface area (Å²) < 4.78 is 23.1. The summed E-state index contributed by atoms with van der Waals surface area (Å²) in [5, 5.41) is 1.76. The van der Waals surface area contributed by atoms with Gasteiger partial charge in [-0.1, -0.05) is 37.6 Å². The molecule has 3 aromatic rings. The van der Waals surface area contributed by atoms with Crippen LogP contribution in [0.25, 0.3) is 21.5 Å². The Bertz CT molecular complexity index is 1240. The molecule has 0 heterocycles. The Kier molecular flexibility index (Phi) is 6.91. The van der Waals surface area contributed by atoms with E-state index in [0.29, 0.717) is 27.3 Å². The van der Waals surface area contributed by atoms with Gasteiger partial charge in [-0.2, -0.15) is 0 Å². The first kappa shape index (κ1) is 24.0. The van der Waals surface area contributed by atoms with Crippen molar-refractivity contribution < 1.29 is 33.3 Å². The minimum atomic E-state index is -0.549. The number of rotatable bonds is 7. The van der Waals surface area contributed by atoms with Crippen LogP contribution in [-0.2, 0) is 14.4 Å². The van der Waals surface area contributed by atoms with Gasteiger partial charge in [-0.05, 0) is 32.4 Å². The van der Waals surface area contributed by atoms with Crippen LogP contribution in [0.1, 0.15) is 54.4 Å². The normalized spacial score (nSPS) is 11.3. The van der Waals surface area contributed by atoms with Crippen LogP contribution in [0.15, 0.2) is 36.4 Å². The molecule has 0 aliphatic heterocycles. The molecule has 0 fully saturated rings. The largest absolute Gasteiger partial charge is 0.487 e. The van der Waals surface area contributed by atoms with Gasteiger partial charge in [-0.15, -0.1) is 0 Å². The molecule has 0 saturated heterocycles. The van der Waals surface area contributed by atoms with Gasteiger partial charge < -0.3 is 18.9 Å². The van der Waals surface area contributed by atoms with E-state index >= 15 is 0 Å². The molecule has 0 N–H and O–H groups in total. The fourth-order valence-corrected chi connectivity index (χ4v) is 3.94. The van der Waals surface area contributed by atoms with Crippen molar-refractivity contribution in [3.8, 4) is 23.0 Å². The van der Waals surface area contributed by atoms with Gasteiger partial charge in [0.05, 0.1) is 10.8 Å². The van der Waals surface area contributed by atoms with Crippen molar-refractivity contribution >= 4 is 39.5 Å². The van der Waals surface area contributed by atoms with Crippen LogP contribution in [0.3, 0.4) is 0 Å². The van der Waals surface area contributed by atoms with Gasteiger partial charge in [0, 0.05) is 31.5 Å². The minimum Gasteiger partial charge on any atom is -0.487 e. The number of hydrogen-bond acceptors (Lipinski definition) is 7. The average molecular weight is 453 g/mol. The smallest absolute Gasteiger partial charge is 0.308 e. The second-order valence-corrected chi connectivity index (χ2v) is 8.41. The molecule has 0 saturated carbocycles. The molecule has 0 radical (unpaired) electrons. The summed E-state index contributed by atoms with van der Waals surface area (Å²) in [6.07, 6.45) is 1.67. The van der Waals surface area contributed by atoms with Crippen LogP contribution in [0.2, 0.25) is 0 Å². The Balaban J connectivity index is 2.54. The molecule has 7 heteroatoms. The monoisotopic (exact) mass is 452 g/mol. The van der Waals surface area contributed by atoms with Gasteiger partial charge >= 0.3 is 17.9 Å². The zero-order valence-corrected chi connectivity index (χ0v) is 19.7. The maximum absolute atomic E-state index is 12.1. The molecular formula is C26H28O7. The molecule has 0 aromatic heterocycles. The predicted molar refractivity (Wildman–Crippen MR) is 125 cm³/mol. The molecule has 0 aliphatic carbocycles. The van der Waals surface area contributed by atoms with Gasteiger partial charge in [0.15, 0.2) is 11.5 Å². The van der Waals surface area contributed by atoms with Crippen LogP contribution < -0.4 is 18.9 Å². The number of benzene rings is 3. The number of ether oxygens (including phenoxy) is 4. The molecule has 7 nitrogen and oxygen atoms in total. The summed E-state index contributed by atoms with van der Waals surface area (Å²) in [4.78, 5) is 36.0. The molecule has 174 valence electrons. The van der Waals surface area contributed by atoms with Crippen molar-refractivity contribution in [2.75, 3.05) is 0 Å². The van der Waals surface area contributed by atoms with Gasteiger partial charge in [-0.3, -0.25) is 14.4 Å². The van der Waals surface area contributed by atoms with Crippen LogP contribution >= 0.6 is 0 Å². The Hall–Kier alpha value is -3.61. The third-order valence-electron chi connectivity index (χ3n) is 4.98. The number of carbonyl (C=O) groups excluding carboxylic acids is 3. The summed E-state index contributed by atoms with van der Waals surface area (Å²) in [5.41, 5.74) is -0.536. The van der Waals surface area contributed by atoms with Crippen molar-refractivity contribution in [2.45, 2.75) is 60.0 Å². The SMILES string of the molecule is CCCC(C)(C)Oc1ccc(OC(C)=O)c2c(OC(C)=O)c3ccccc3c(OC(C)=O)c12. The number of hydrogen-bond donors (Lipinski definition) is 0. The van der Waals surface area contributed by atoms with E-state index in [4.69, 9.17) is 18.9 Å². The number of fused-ring (bicyclic) bond motifs is 2. The molecule has 3 aromatic carbocycles. The molecule has 0 atom stereocenters. The first-order valence-corrected chi connectivity index (χ1v) is 10.8. The second kappa shape index (κ2) is 9.48. The van der Waals surface area contributed by atoms with Crippen molar-refractivity contribution in [3.63, 3.8) is 0 Å². The van der Waals surface area contributed by atoms with E-state index in [0.717, 1.165) is 12.8 Å². The fraction of sp³-hybridized carbons (Fsp3) is 0.346. The summed E-state index contributed by atoms with van der Waals surface area (Å²) in [6.45, 7) is 9.85. The summed E-state index contributed by atoms with van der Waals surface area (Å²) in [7, 11) is 0. The third kappa shape index (κ3) is 5.25. The minimum absolute atomic E-state index is 0.161.